The van der Waals surface area contributed by atoms with Gasteiger partial charge >= 0.3 is 0 Å². The second kappa shape index (κ2) is 6.55. The number of rotatable bonds is 6. The summed E-state index contributed by atoms with van der Waals surface area (Å²) < 4.78 is 27.3. The van der Waals surface area contributed by atoms with E-state index < -0.39 is 11.6 Å². The molecule has 0 fully saturated rings. The zero-order valence-corrected chi connectivity index (χ0v) is 10.3. The molecule has 0 aliphatic heterocycles. The van der Waals surface area contributed by atoms with Crippen LogP contribution in [0.25, 0.3) is 0 Å². The fraction of sp³-hybridized carbons (Fsp3) is 0.538. The van der Waals surface area contributed by atoms with Gasteiger partial charge in [-0.3, -0.25) is 0 Å². The van der Waals surface area contributed by atoms with Crippen LogP contribution in [-0.4, -0.2) is 18.7 Å². The van der Waals surface area contributed by atoms with Crippen molar-refractivity contribution >= 4 is 5.69 Å². The lowest BCUT2D eigenvalue weighted by Gasteiger charge is -2.20. The minimum Gasteiger partial charge on any atom is -0.392 e. The van der Waals surface area contributed by atoms with Crippen LogP contribution in [0.3, 0.4) is 0 Å². The Morgan fingerprint density at radius 3 is 2.24 bits per heavy atom. The van der Waals surface area contributed by atoms with E-state index in [1.165, 1.54) is 12.1 Å². The van der Waals surface area contributed by atoms with Gasteiger partial charge in [0.1, 0.15) is 17.3 Å². The van der Waals surface area contributed by atoms with Gasteiger partial charge in [-0.1, -0.05) is 19.8 Å². The van der Waals surface area contributed by atoms with E-state index in [1.807, 2.05) is 0 Å². The van der Waals surface area contributed by atoms with Gasteiger partial charge in [0.15, 0.2) is 0 Å². The summed E-state index contributed by atoms with van der Waals surface area (Å²) in [5.41, 5.74) is 0.240. The van der Waals surface area contributed by atoms with Crippen LogP contribution in [0.4, 0.5) is 14.5 Å². The monoisotopic (exact) mass is 243 g/mol. The fourth-order valence-electron chi connectivity index (χ4n) is 1.78. The van der Waals surface area contributed by atoms with E-state index in [1.54, 1.807) is 11.9 Å². The molecule has 0 atom stereocenters. The molecule has 4 heteroatoms. The second-order valence-corrected chi connectivity index (χ2v) is 4.19. The van der Waals surface area contributed by atoms with Crippen molar-refractivity contribution in [2.24, 2.45) is 0 Å². The topological polar surface area (TPSA) is 23.5 Å². The maximum Gasteiger partial charge on any atom is 0.149 e. The zero-order chi connectivity index (χ0) is 12.8. The van der Waals surface area contributed by atoms with Crippen LogP contribution in [0.1, 0.15) is 31.7 Å². The number of hydrogen-bond donors (Lipinski definition) is 1. The third-order valence-corrected chi connectivity index (χ3v) is 2.74. The highest BCUT2D eigenvalue weighted by Gasteiger charge is 2.14. The number of anilines is 1. The van der Waals surface area contributed by atoms with Gasteiger partial charge in [0.2, 0.25) is 0 Å². The molecule has 17 heavy (non-hydrogen) atoms. The van der Waals surface area contributed by atoms with Crippen LogP contribution in [-0.2, 0) is 6.61 Å². The van der Waals surface area contributed by atoms with Crippen molar-refractivity contribution in [1.82, 2.24) is 0 Å². The molecule has 0 bridgehead atoms. The van der Waals surface area contributed by atoms with E-state index in [0.29, 0.717) is 6.54 Å². The average Bonchev–Trinajstić information content (AvgIpc) is 2.28. The first-order valence-corrected chi connectivity index (χ1v) is 5.90. The van der Waals surface area contributed by atoms with Gasteiger partial charge in [-0.25, -0.2) is 8.78 Å². The summed E-state index contributed by atoms with van der Waals surface area (Å²) in [5, 5.41) is 8.84. The molecule has 0 aromatic heterocycles. The largest absolute Gasteiger partial charge is 0.392 e. The van der Waals surface area contributed by atoms with Crippen LogP contribution >= 0.6 is 0 Å². The van der Waals surface area contributed by atoms with Crippen LogP contribution < -0.4 is 4.90 Å². The Hall–Kier alpha value is -1.16. The van der Waals surface area contributed by atoms with Gasteiger partial charge in [-0.2, -0.15) is 0 Å². The molecule has 1 aromatic rings. The molecule has 0 aliphatic carbocycles. The second-order valence-electron chi connectivity index (χ2n) is 4.19. The Morgan fingerprint density at radius 1 is 1.18 bits per heavy atom. The number of aliphatic hydroxyl groups is 1. The molecule has 1 aromatic carbocycles. The highest BCUT2D eigenvalue weighted by Crippen LogP contribution is 2.24. The van der Waals surface area contributed by atoms with E-state index in [0.717, 1.165) is 19.3 Å². The lowest BCUT2D eigenvalue weighted by molar-refractivity contribution is 0.280. The van der Waals surface area contributed by atoms with Crippen LogP contribution in [0.5, 0.6) is 0 Å². The molecule has 0 amide bonds. The molecule has 1 N–H and O–H groups in total. The van der Waals surface area contributed by atoms with Crippen LogP contribution in [0.15, 0.2) is 12.1 Å². The Labute approximate surface area is 101 Å². The van der Waals surface area contributed by atoms with Crippen molar-refractivity contribution < 1.29 is 13.9 Å². The van der Waals surface area contributed by atoms with Crippen molar-refractivity contribution in [3.63, 3.8) is 0 Å². The van der Waals surface area contributed by atoms with Crippen molar-refractivity contribution in [1.29, 1.82) is 0 Å². The minimum absolute atomic E-state index is 0.0155. The molecule has 0 aliphatic rings. The number of hydrogen-bond acceptors (Lipinski definition) is 2. The summed E-state index contributed by atoms with van der Waals surface area (Å²) in [4.78, 5) is 1.58. The molecular weight excluding hydrogens is 224 g/mol. The Morgan fingerprint density at radius 2 is 1.76 bits per heavy atom. The first-order valence-electron chi connectivity index (χ1n) is 5.90. The SMILES string of the molecule is CCCCCN(C)c1c(F)cc(CO)cc1F. The van der Waals surface area contributed by atoms with E-state index >= 15 is 0 Å². The van der Waals surface area contributed by atoms with Crippen molar-refractivity contribution in [2.45, 2.75) is 32.8 Å². The molecule has 96 valence electrons. The maximum absolute atomic E-state index is 13.7. The van der Waals surface area contributed by atoms with E-state index in [9.17, 15) is 8.78 Å². The van der Waals surface area contributed by atoms with Gasteiger partial charge in [0, 0.05) is 13.6 Å². The molecule has 2 nitrogen and oxygen atoms in total. The van der Waals surface area contributed by atoms with Crippen LogP contribution in [0, 0.1) is 11.6 Å². The molecule has 0 radical (unpaired) electrons. The fourth-order valence-corrected chi connectivity index (χ4v) is 1.78. The van der Waals surface area contributed by atoms with Gasteiger partial charge < -0.3 is 10.0 Å². The smallest absolute Gasteiger partial charge is 0.149 e. The summed E-state index contributed by atoms with van der Waals surface area (Å²) in [6.07, 6.45) is 3.03. The van der Waals surface area contributed by atoms with E-state index in [2.05, 4.69) is 6.92 Å². The molecule has 1 rings (SSSR count). The third kappa shape index (κ3) is 3.66. The van der Waals surface area contributed by atoms with Crippen molar-refractivity contribution in [3.05, 3.63) is 29.3 Å². The van der Waals surface area contributed by atoms with E-state index in [-0.39, 0.29) is 17.9 Å². The number of halogens is 2. The summed E-state index contributed by atoms with van der Waals surface area (Å²) in [6.45, 7) is 2.35. The predicted molar refractivity (Wildman–Crippen MR) is 65.1 cm³/mol. The summed E-state index contributed by atoms with van der Waals surface area (Å²) in [7, 11) is 1.68. The highest BCUT2D eigenvalue weighted by molar-refractivity contribution is 5.49. The molecule has 0 spiro atoms. The molecular formula is C13H19F2NO. The zero-order valence-electron chi connectivity index (χ0n) is 10.3. The highest BCUT2D eigenvalue weighted by atomic mass is 19.1. The van der Waals surface area contributed by atoms with Crippen molar-refractivity contribution in [3.8, 4) is 0 Å². The Bertz CT molecular complexity index is 345. The van der Waals surface area contributed by atoms with Gasteiger partial charge in [-0.15, -0.1) is 0 Å². The Balaban J connectivity index is 2.82. The first-order chi connectivity index (χ1) is 8.10. The summed E-state index contributed by atoms with van der Waals surface area (Å²) in [6, 6.07) is 2.35. The minimum atomic E-state index is -0.618. The maximum atomic E-state index is 13.7. The number of nitrogens with zero attached hydrogens (tertiary/aromatic N) is 1. The quantitative estimate of drug-likeness (QED) is 0.776. The van der Waals surface area contributed by atoms with Crippen LogP contribution in [0.2, 0.25) is 0 Å². The summed E-state index contributed by atoms with van der Waals surface area (Å²) >= 11 is 0. The van der Waals surface area contributed by atoms with Gasteiger partial charge in [0.25, 0.3) is 0 Å². The number of unbranched alkanes of at least 4 members (excludes halogenated alkanes) is 2. The van der Waals surface area contributed by atoms with Gasteiger partial charge in [-0.05, 0) is 24.1 Å². The van der Waals surface area contributed by atoms with E-state index in [4.69, 9.17) is 5.11 Å². The average molecular weight is 243 g/mol. The number of benzene rings is 1. The third-order valence-electron chi connectivity index (χ3n) is 2.74. The first kappa shape index (κ1) is 13.9. The summed E-state index contributed by atoms with van der Waals surface area (Å²) in [5.74, 6) is -1.24. The standard InChI is InChI=1S/C13H19F2NO/c1-3-4-5-6-16(2)13-11(14)7-10(9-17)8-12(13)15/h7-8,17H,3-6,9H2,1-2H3. The molecule has 0 heterocycles. The molecule has 0 unspecified atom stereocenters. The molecule has 0 saturated carbocycles. The molecule has 0 saturated heterocycles. The normalized spacial score (nSPS) is 10.6. The lowest BCUT2D eigenvalue weighted by atomic mass is 10.1. The van der Waals surface area contributed by atoms with Crippen molar-refractivity contribution in [2.75, 3.05) is 18.5 Å². The number of aliphatic hydroxyl groups excluding tert-OH is 1. The Kier molecular flexibility index (Phi) is 5.35. The van der Waals surface area contributed by atoms with Gasteiger partial charge in [0.05, 0.1) is 6.61 Å². The lowest BCUT2D eigenvalue weighted by Crippen LogP contribution is -2.21. The predicted octanol–water partition coefficient (Wildman–Crippen LogP) is 3.08.